The van der Waals surface area contributed by atoms with Gasteiger partial charge in [0, 0.05) is 24.9 Å². The van der Waals surface area contributed by atoms with Gasteiger partial charge in [-0.05, 0) is 37.6 Å². The molecule has 0 atom stereocenters. The predicted octanol–water partition coefficient (Wildman–Crippen LogP) is 3.25. The van der Waals surface area contributed by atoms with Gasteiger partial charge in [-0.2, -0.15) is 0 Å². The van der Waals surface area contributed by atoms with E-state index in [0.717, 1.165) is 23.4 Å². The predicted molar refractivity (Wildman–Crippen MR) is 78.3 cm³/mol. The van der Waals surface area contributed by atoms with Crippen molar-refractivity contribution in [1.29, 1.82) is 0 Å². The summed E-state index contributed by atoms with van der Waals surface area (Å²) in [4.78, 5) is 15.8. The molecule has 1 aromatic heterocycles. The topological polar surface area (TPSA) is 55.1 Å². The zero-order valence-electron chi connectivity index (χ0n) is 12.3. The monoisotopic (exact) mass is 290 g/mol. The summed E-state index contributed by atoms with van der Waals surface area (Å²) in [5.74, 6) is 0.958. The normalized spacial score (nSPS) is 10.6. The summed E-state index contributed by atoms with van der Waals surface area (Å²) < 4.78 is 18.5. The van der Waals surface area contributed by atoms with Crippen molar-refractivity contribution < 1.29 is 13.6 Å². The summed E-state index contributed by atoms with van der Waals surface area (Å²) in [7, 11) is 0. The second-order valence-corrected chi connectivity index (χ2v) is 4.88. The van der Waals surface area contributed by atoms with E-state index < -0.39 is 0 Å². The van der Waals surface area contributed by atoms with E-state index in [0.29, 0.717) is 25.3 Å². The molecule has 1 N–H and O–H groups in total. The molecule has 0 aliphatic heterocycles. The fourth-order valence-corrected chi connectivity index (χ4v) is 2.01. The number of aromatic nitrogens is 1. The van der Waals surface area contributed by atoms with Crippen molar-refractivity contribution in [3.63, 3.8) is 0 Å². The molecule has 0 aliphatic rings. The molecule has 21 heavy (non-hydrogen) atoms. The number of hydrogen-bond acceptors (Lipinski definition) is 3. The molecule has 112 valence electrons. The van der Waals surface area contributed by atoms with E-state index in [-0.39, 0.29) is 11.7 Å². The molecule has 1 aromatic carbocycles. The van der Waals surface area contributed by atoms with E-state index >= 15 is 0 Å². The molecule has 0 saturated carbocycles. The first-order chi connectivity index (χ1) is 10.1. The van der Waals surface area contributed by atoms with E-state index in [1.807, 2.05) is 13.8 Å². The van der Waals surface area contributed by atoms with Gasteiger partial charge in [0.05, 0.1) is 5.69 Å². The minimum absolute atomic E-state index is 0.0532. The lowest BCUT2D eigenvalue weighted by atomic mass is 10.2. The van der Waals surface area contributed by atoms with Crippen LogP contribution in [0.3, 0.4) is 0 Å². The number of benzene rings is 1. The third-order valence-electron chi connectivity index (χ3n) is 3.14. The molecule has 0 saturated heterocycles. The molecule has 1 heterocycles. The second-order valence-electron chi connectivity index (χ2n) is 4.88. The molecule has 2 aromatic rings. The highest BCUT2D eigenvalue weighted by Gasteiger charge is 2.11. The molecule has 4 nitrogen and oxygen atoms in total. The number of nitrogens with one attached hydrogen (secondary N) is 1. The molecule has 0 unspecified atom stereocenters. The van der Waals surface area contributed by atoms with Crippen LogP contribution in [-0.4, -0.2) is 17.4 Å². The Morgan fingerprint density at radius 1 is 1.33 bits per heavy atom. The lowest BCUT2D eigenvalue weighted by molar-refractivity contribution is -0.121. The minimum atomic E-state index is -0.291. The maximum absolute atomic E-state index is 12.9. The molecule has 2 rings (SSSR count). The maximum Gasteiger partial charge on any atom is 0.226 e. The first-order valence-electron chi connectivity index (χ1n) is 7.09. The summed E-state index contributed by atoms with van der Waals surface area (Å²) in [6.07, 6.45) is 1.99. The number of amides is 1. The number of oxazole rings is 1. The molecule has 5 heteroatoms. The van der Waals surface area contributed by atoms with Crippen LogP contribution in [0.25, 0.3) is 11.5 Å². The Morgan fingerprint density at radius 2 is 2.05 bits per heavy atom. The van der Waals surface area contributed by atoms with Crippen molar-refractivity contribution in [3.8, 4) is 11.5 Å². The fourth-order valence-electron chi connectivity index (χ4n) is 2.01. The maximum atomic E-state index is 12.9. The summed E-state index contributed by atoms with van der Waals surface area (Å²) in [5.41, 5.74) is 1.55. The number of aryl methyl sites for hydroxylation is 1. The van der Waals surface area contributed by atoms with Gasteiger partial charge < -0.3 is 9.73 Å². The number of hydrogen-bond donors (Lipinski definition) is 1. The van der Waals surface area contributed by atoms with Crippen molar-refractivity contribution in [2.24, 2.45) is 0 Å². The van der Waals surface area contributed by atoms with Crippen LogP contribution in [-0.2, 0) is 11.2 Å². The average molecular weight is 290 g/mol. The Kier molecular flexibility index (Phi) is 5.09. The Balaban J connectivity index is 1.99. The Bertz CT molecular complexity index is 605. The standard InChI is InChI=1S/C16H19FN2O2/c1-3-4-15(20)18-10-9-14-11(2)21-16(19-14)12-5-7-13(17)8-6-12/h5-8H,3-4,9-10H2,1-2H3,(H,18,20). The van der Waals surface area contributed by atoms with Gasteiger partial charge in [0.15, 0.2) is 0 Å². The summed E-state index contributed by atoms with van der Waals surface area (Å²) in [6, 6.07) is 6.01. The Morgan fingerprint density at radius 3 is 2.71 bits per heavy atom. The molecular formula is C16H19FN2O2. The van der Waals surface area contributed by atoms with Crippen LogP contribution < -0.4 is 5.32 Å². The van der Waals surface area contributed by atoms with Crippen LogP contribution in [0.4, 0.5) is 4.39 Å². The molecule has 0 bridgehead atoms. The highest BCUT2D eigenvalue weighted by Crippen LogP contribution is 2.22. The quantitative estimate of drug-likeness (QED) is 0.888. The van der Waals surface area contributed by atoms with Crippen molar-refractivity contribution in [3.05, 3.63) is 41.5 Å². The van der Waals surface area contributed by atoms with E-state index in [9.17, 15) is 9.18 Å². The van der Waals surface area contributed by atoms with Gasteiger partial charge in [-0.25, -0.2) is 9.37 Å². The largest absolute Gasteiger partial charge is 0.441 e. The molecule has 0 aliphatic carbocycles. The molecular weight excluding hydrogens is 271 g/mol. The SMILES string of the molecule is CCCC(=O)NCCc1nc(-c2ccc(F)cc2)oc1C. The number of rotatable bonds is 6. The fraction of sp³-hybridized carbons (Fsp3) is 0.375. The molecule has 0 spiro atoms. The van der Waals surface area contributed by atoms with E-state index in [1.54, 1.807) is 12.1 Å². The van der Waals surface area contributed by atoms with Crippen molar-refractivity contribution in [1.82, 2.24) is 10.3 Å². The van der Waals surface area contributed by atoms with Crippen LogP contribution in [0.15, 0.2) is 28.7 Å². The van der Waals surface area contributed by atoms with Gasteiger partial charge >= 0.3 is 0 Å². The van der Waals surface area contributed by atoms with Gasteiger partial charge in [-0.1, -0.05) is 6.92 Å². The highest BCUT2D eigenvalue weighted by atomic mass is 19.1. The van der Waals surface area contributed by atoms with E-state index in [2.05, 4.69) is 10.3 Å². The smallest absolute Gasteiger partial charge is 0.226 e. The van der Waals surface area contributed by atoms with Crippen LogP contribution in [0.2, 0.25) is 0 Å². The number of carbonyl (C=O) groups is 1. The average Bonchev–Trinajstić information content (AvgIpc) is 2.81. The summed E-state index contributed by atoms with van der Waals surface area (Å²) in [5, 5.41) is 2.85. The van der Waals surface area contributed by atoms with E-state index in [4.69, 9.17) is 4.42 Å². The summed E-state index contributed by atoms with van der Waals surface area (Å²) >= 11 is 0. The lowest BCUT2D eigenvalue weighted by Crippen LogP contribution is -2.25. The van der Waals surface area contributed by atoms with Crippen molar-refractivity contribution >= 4 is 5.91 Å². The first kappa shape index (κ1) is 15.2. The number of carbonyl (C=O) groups excluding carboxylic acids is 1. The van der Waals surface area contributed by atoms with Gasteiger partial charge in [-0.15, -0.1) is 0 Å². The lowest BCUT2D eigenvalue weighted by Gasteiger charge is -2.02. The van der Waals surface area contributed by atoms with Crippen LogP contribution >= 0.6 is 0 Å². The van der Waals surface area contributed by atoms with Gasteiger partial charge in [-0.3, -0.25) is 4.79 Å². The minimum Gasteiger partial charge on any atom is -0.441 e. The number of nitrogens with zero attached hydrogens (tertiary/aromatic N) is 1. The van der Waals surface area contributed by atoms with Gasteiger partial charge in [0.1, 0.15) is 11.6 Å². The molecule has 0 radical (unpaired) electrons. The first-order valence-corrected chi connectivity index (χ1v) is 7.09. The van der Waals surface area contributed by atoms with Crippen molar-refractivity contribution in [2.45, 2.75) is 33.1 Å². The van der Waals surface area contributed by atoms with E-state index in [1.165, 1.54) is 12.1 Å². The van der Waals surface area contributed by atoms with Gasteiger partial charge in [0.2, 0.25) is 11.8 Å². The zero-order valence-corrected chi connectivity index (χ0v) is 12.3. The third kappa shape index (κ3) is 4.15. The summed E-state index contributed by atoms with van der Waals surface area (Å²) in [6.45, 7) is 4.34. The van der Waals surface area contributed by atoms with Crippen molar-refractivity contribution in [2.75, 3.05) is 6.54 Å². The second kappa shape index (κ2) is 7.02. The Hall–Kier alpha value is -2.17. The third-order valence-corrected chi connectivity index (χ3v) is 3.14. The molecule has 1 amide bonds. The van der Waals surface area contributed by atoms with Crippen LogP contribution in [0.5, 0.6) is 0 Å². The van der Waals surface area contributed by atoms with Crippen LogP contribution in [0, 0.1) is 12.7 Å². The number of halogens is 1. The zero-order chi connectivity index (χ0) is 15.2. The Labute approximate surface area is 123 Å². The highest BCUT2D eigenvalue weighted by molar-refractivity contribution is 5.75. The van der Waals surface area contributed by atoms with Gasteiger partial charge in [0.25, 0.3) is 0 Å². The van der Waals surface area contributed by atoms with Crippen LogP contribution in [0.1, 0.15) is 31.2 Å². The molecule has 0 fully saturated rings.